The van der Waals surface area contributed by atoms with Gasteiger partial charge in [-0.2, -0.15) is 5.10 Å². The smallest absolute Gasteiger partial charge is 0.330 e. The molecule has 0 N–H and O–H groups in total. The van der Waals surface area contributed by atoms with Gasteiger partial charge in [0.05, 0.1) is 22.2 Å². The van der Waals surface area contributed by atoms with Crippen molar-refractivity contribution in [2.75, 3.05) is 31.7 Å². The van der Waals surface area contributed by atoms with E-state index in [2.05, 4.69) is 9.97 Å². The number of hydrogen-bond donors (Lipinski definition) is 0. The van der Waals surface area contributed by atoms with E-state index in [-0.39, 0.29) is 6.23 Å². The molecule has 0 spiro atoms. The lowest BCUT2D eigenvalue weighted by Crippen LogP contribution is -2.32. The van der Waals surface area contributed by atoms with Gasteiger partial charge in [-0.3, -0.25) is 4.98 Å². The van der Waals surface area contributed by atoms with E-state index in [1.807, 2.05) is 41.9 Å². The summed E-state index contributed by atoms with van der Waals surface area (Å²) in [5.41, 5.74) is 3.20. The van der Waals surface area contributed by atoms with Crippen LogP contribution in [0, 0.1) is 0 Å². The molecule has 4 heterocycles. The van der Waals surface area contributed by atoms with E-state index in [9.17, 15) is 4.79 Å². The van der Waals surface area contributed by atoms with Gasteiger partial charge >= 0.3 is 7.41 Å². The number of methoxy groups -OCH3 is 1. The van der Waals surface area contributed by atoms with Gasteiger partial charge in [-0.15, -0.1) is 0 Å². The number of carbonyl (C=O) groups is 1. The molecule has 0 aliphatic carbocycles. The lowest BCUT2D eigenvalue weighted by atomic mass is 9.94. The quantitative estimate of drug-likeness (QED) is 0.160. The predicted molar refractivity (Wildman–Crippen MR) is 157 cm³/mol. The summed E-state index contributed by atoms with van der Waals surface area (Å²) >= 11 is 12.8. The minimum atomic E-state index is -0.415. The Bertz CT molecular complexity index is 1460. The van der Waals surface area contributed by atoms with Crippen LogP contribution in [-0.4, -0.2) is 60.2 Å². The average Bonchev–Trinajstić information content (AvgIpc) is 3.34. The fraction of sp³-hybridized carbons (Fsp3) is 0.357. The van der Waals surface area contributed by atoms with Crippen LogP contribution in [0.5, 0.6) is 5.75 Å². The fourth-order valence-corrected chi connectivity index (χ4v) is 5.54. The van der Waals surface area contributed by atoms with Crippen LogP contribution in [0.4, 0.5) is 5.82 Å². The Hall–Kier alpha value is -3.18. The van der Waals surface area contributed by atoms with Crippen LogP contribution in [-0.2, 0) is 14.3 Å². The Balaban J connectivity index is 1.56. The largest absolute Gasteiger partial charge is 0.486 e. The highest BCUT2D eigenvalue weighted by molar-refractivity contribution is 6.70. The van der Waals surface area contributed by atoms with Crippen LogP contribution in [0.25, 0.3) is 22.2 Å². The molecule has 9 nitrogen and oxygen atoms in total. The molecule has 4 aromatic rings. The van der Waals surface area contributed by atoms with Crippen molar-refractivity contribution in [1.82, 2.24) is 19.7 Å². The second-order valence-corrected chi connectivity index (χ2v) is 10.3. The molecule has 1 radical (unpaired) electrons. The van der Waals surface area contributed by atoms with Crippen molar-refractivity contribution in [1.29, 1.82) is 0 Å². The van der Waals surface area contributed by atoms with Gasteiger partial charge in [0, 0.05) is 55.4 Å². The van der Waals surface area contributed by atoms with Crippen LogP contribution >= 0.6 is 23.2 Å². The van der Waals surface area contributed by atoms with E-state index >= 15 is 0 Å². The number of anilines is 1. The zero-order valence-electron chi connectivity index (χ0n) is 22.3. The lowest BCUT2D eigenvalue weighted by molar-refractivity contribution is -0.0365. The summed E-state index contributed by atoms with van der Waals surface area (Å²) in [7, 11) is 3.06. The zero-order valence-corrected chi connectivity index (χ0v) is 23.8. The Morgan fingerprint density at radius 1 is 1.23 bits per heavy atom. The Morgan fingerprint density at radius 2 is 2.05 bits per heavy atom. The Labute approximate surface area is 243 Å². The zero-order chi connectivity index (χ0) is 28.1. The molecule has 0 saturated carbocycles. The lowest BCUT2D eigenvalue weighted by Gasteiger charge is -2.23. The summed E-state index contributed by atoms with van der Waals surface area (Å²) in [6, 6.07) is 9.69. The van der Waals surface area contributed by atoms with E-state index in [0.717, 1.165) is 47.6 Å². The number of nitrogens with zero attached hydrogens (tertiary/aromatic N) is 5. The number of fused-ring (bicyclic) bond motifs is 1. The molecule has 1 aliphatic rings. The highest BCUT2D eigenvalue weighted by atomic mass is 35.5. The van der Waals surface area contributed by atoms with Gasteiger partial charge in [0.1, 0.15) is 29.6 Å². The molecule has 3 aromatic heterocycles. The summed E-state index contributed by atoms with van der Waals surface area (Å²) in [4.78, 5) is 21.6. The number of aromatic nitrogens is 4. The summed E-state index contributed by atoms with van der Waals surface area (Å²) in [6.45, 7) is 3.51. The third-order valence-electron chi connectivity index (χ3n) is 6.81. The fourth-order valence-electron chi connectivity index (χ4n) is 4.87. The van der Waals surface area contributed by atoms with Crippen LogP contribution in [0.2, 0.25) is 10.0 Å². The minimum absolute atomic E-state index is 0.159. The molecule has 0 amide bonds. The highest BCUT2D eigenvalue weighted by Crippen LogP contribution is 2.37. The van der Waals surface area contributed by atoms with Gasteiger partial charge in [-0.25, -0.2) is 9.67 Å². The number of halogens is 2. The number of benzene rings is 1. The Morgan fingerprint density at radius 3 is 2.77 bits per heavy atom. The van der Waals surface area contributed by atoms with E-state index in [0.29, 0.717) is 46.9 Å². The van der Waals surface area contributed by atoms with Crippen molar-refractivity contribution in [2.45, 2.75) is 38.5 Å². The third-order valence-corrected chi connectivity index (χ3v) is 7.41. The standard InChI is InChI=1S/C28H29BCl2N5O4/c1-18(27-22(30)15-32-16-23(27)31)40-20-6-7-24-21(14-20)28(34-36(24)26-5-3-4-11-39-26)19-8-9-33-25(13-19)35(29-17-37)10-12-38-2/h6-9,13-18,26H,3-5,10-12H2,1-2H3/t18-,26?/m1/s1. The molecular weight excluding hydrogens is 552 g/mol. The van der Waals surface area contributed by atoms with Gasteiger partial charge in [0.2, 0.25) is 0 Å². The molecule has 0 bridgehead atoms. The molecule has 2 atom stereocenters. The Kier molecular flexibility index (Phi) is 9.21. The van der Waals surface area contributed by atoms with Crippen molar-refractivity contribution >= 4 is 53.5 Å². The van der Waals surface area contributed by atoms with Crippen LogP contribution in [0.15, 0.2) is 48.9 Å². The van der Waals surface area contributed by atoms with Gasteiger partial charge in [0.15, 0.2) is 6.23 Å². The topological polar surface area (TPSA) is 91.6 Å². The summed E-state index contributed by atoms with van der Waals surface area (Å²) in [5, 5.41) is 6.81. The van der Waals surface area contributed by atoms with Gasteiger partial charge in [0.25, 0.3) is 0 Å². The first kappa shape index (κ1) is 28.4. The van der Waals surface area contributed by atoms with Crippen molar-refractivity contribution in [3.63, 3.8) is 0 Å². The van der Waals surface area contributed by atoms with Crippen molar-refractivity contribution in [3.8, 4) is 17.0 Å². The first-order chi connectivity index (χ1) is 19.5. The van der Waals surface area contributed by atoms with Crippen LogP contribution < -0.4 is 9.55 Å². The summed E-state index contributed by atoms with van der Waals surface area (Å²) < 4.78 is 19.6. The first-order valence-corrected chi connectivity index (χ1v) is 13.9. The van der Waals surface area contributed by atoms with Crippen molar-refractivity contribution in [2.24, 2.45) is 0 Å². The normalized spacial score (nSPS) is 16.1. The van der Waals surface area contributed by atoms with Crippen molar-refractivity contribution in [3.05, 3.63) is 64.5 Å². The highest BCUT2D eigenvalue weighted by Gasteiger charge is 2.24. The molecule has 40 heavy (non-hydrogen) atoms. The number of rotatable bonds is 11. The maximum atomic E-state index is 11.3. The second-order valence-electron chi connectivity index (χ2n) is 9.44. The molecule has 1 aromatic carbocycles. The van der Waals surface area contributed by atoms with Gasteiger partial charge < -0.3 is 23.8 Å². The van der Waals surface area contributed by atoms with E-state index in [1.165, 1.54) is 7.41 Å². The molecule has 12 heteroatoms. The number of hydrogen-bond acceptors (Lipinski definition) is 8. The van der Waals surface area contributed by atoms with E-state index in [1.54, 1.807) is 30.5 Å². The van der Waals surface area contributed by atoms with Crippen molar-refractivity contribution < 1.29 is 19.0 Å². The molecular formula is C28H29BCl2N5O4. The van der Waals surface area contributed by atoms with Crippen LogP contribution in [0.1, 0.15) is 44.1 Å². The predicted octanol–water partition coefficient (Wildman–Crippen LogP) is 5.90. The van der Waals surface area contributed by atoms with E-state index in [4.69, 9.17) is 42.5 Å². The number of ether oxygens (including phenoxy) is 3. The monoisotopic (exact) mass is 580 g/mol. The summed E-state index contributed by atoms with van der Waals surface area (Å²) in [6.07, 6.45) is 7.97. The van der Waals surface area contributed by atoms with Gasteiger partial charge in [-0.1, -0.05) is 23.2 Å². The van der Waals surface area contributed by atoms with Crippen LogP contribution in [0.3, 0.4) is 0 Å². The summed E-state index contributed by atoms with van der Waals surface area (Å²) in [5.74, 6) is 1.25. The molecule has 1 fully saturated rings. The number of pyridine rings is 2. The van der Waals surface area contributed by atoms with Gasteiger partial charge in [-0.05, 0) is 56.5 Å². The molecule has 1 aliphatic heterocycles. The minimum Gasteiger partial charge on any atom is -0.486 e. The first-order valence-electron chi connectivity index (χ1n) is 13.1. The molecule has 1 unspecified atom stereocenters. The maximum Gasteiger partial charge on any atom is 0.330 e. The van der Waals surface area contributed by atoms with E-state index < -0.39 is 6.10 Å². The molecule has 1 saturated heterocycles. The number of carbonyl (C=O) groups excluding carboxylic acids is 1. The second kappa shape index (κ2) is 13.0. The molecule has 5 rings (SSSR count). The SMILES string of the molecule is COCCN([B]C=O)c1cc(-c2nn(C3CCCCO3)c3ccc(O[C@H](C)c4c(Cl)cncc4Cl)cc23)ccn1. The third kappa shape index (κ3) is 6.10. The molecule has 207 valence electrons. The maximum absolute atomic E-state index is 11.3. The average molecular weight is 581 g/mol.